The summed E-state index contributed by atoms with van der Waals surface area (Å²) >= 11 is 0. The van der Waals surface area contributed by atoms with Crippen molar-refractivity contribution in [2.45, 2.75) is 18.9 Å². The number of methoxy groups -OCH3 is 1. The number of benzene rings is 2. The van der Waals surface area contributed by atoms with E-state index in [-0.39, 0.29) is 5.56 Å². The zero-order valence-corrected chi connectivity index (χ0v) is 22.8. The molecule has 1 amide bonds. The zero-order valence-electron chi connectivity index (χ0n) is 22.8. The Kier molecular flexibility index (Phi) is 7.57. The maximum Gasteiger partial charge on any atom is 0.250 e. The smallest absolute Gasteiger partial charge is 0.250 e. The zero-order chi connectivity index (χ0) is 28.3. The predicted octanol–water partition coefficient (Wildman–Crippen LogP) is 3.94. The number of aromatic nitrogens is 3. The number of hydrogen-bond acceptors (Lipinski definition) is 9. The van der Waals surface area contributed by atoms with E-state index >= 15 is 0 Å². The molecule has 41 heavy (non-hydrogen) atoms. The SMILES string of the molecule is COc1cc(N2CCC(N3CCOCC3)CC2)ccc1Nc1nc(Nc2ccc(F)cc2C(N)=O)c2ccnc-2[nH]1. The summed E-state index contributed by atoms with van der Waals surface area (Å²) in [6.45, 7) is 5.65. The molecule has 0 unspecified atom stereocenters. The van der Waals surface area contributed by atoms with Crippen molar-refractivity contribution in [2.75, 3.05) is 62.0 Å². The minimum absolute atomic E-state index is 0.0213. The predicted molar refractivity (Wildman–Crippen MR) is 155 cm³/mol. The highest BCUT2D eigenvalue weighted by molar-refractivity contribution is 5.99. The number of rotatable bonds is 8. The fourth-order valence-electron chi connectivity index (χ4n) is 5.59. The van der Waals surface area contributed by atoms with Crippen molar-refractivity contribution >= 4 is 34.7 Å². The Morgan fingerprint density at radius 1 is 1.07 bits per heavy atom. The maximum atomic E-state index is 13.8. The number of carbonyl (C=O) groups is 1. The second kappa shape index (κ2) is 11.6. The van der Waals surface area contributed by atoms with Crippen molar-refractivity contribution in [3.8, 4) is 17.1 Å². The topological polar surface area (TPSA) is 134 Å². The first-order valence-corrected chi connectivity index (χ1v) is 13.7. The number of hydrogen-bond donors (Lipinski definition) is 4. The molecule has 2 fully saturated rings. The van der Waals surface area contributed by atoms with Crippen molar-refractivity contribution in [3.05, 3.63) is 60.0 Å². The lowest BCUT2D eigenvalue weighted by Crippen LogP contribution is -2.49. The van der Waals surface area contributed by atoms with Gasteiger partial charge in [0.05, 0.1) is 42.8 Å². The Hall–Kier alpha value is -4.42. The van der Waals surface area contributed by atoms with Gasteiger partial charge in [0.25, 0.3) is 5.91 Å². The Morgan fingerprint density at radius 2 is 1.85 bits per heavy atom. The number of nitrogens with two attached hydrogens (primary N) is 1. The van der Waals surface area contributed by atoms with Crippen molar-refractivity contribution in [3.63, 3.8) is 0 Å². The van der Waals surface area contributed by atoms with E-state index in [2.05, 4.69) is 41.5 Å². The minimum atomic E-state index is -0.750. The van der Waals surface area contributed by atoms with Crippen molar-refractivity contribution in [2.24, 2.45) is 5.73 Å². The number of halogens is 1. The summed E-state index contributed by atoms with van der Waals surface area (Å²) in [5.74, 6) is 0.766. The van der Waals surface area contributed by atoms with Gasteiger partial charge in [0, 0.05) is 50.2 Å². The van der Waals surface area contributed by atoms with Crippen LogP contribution >= 0.6 is 0 Å². The molecule has 11 nitrogen and oxygen atoms in total. The van der Waals surface area contributed by atoms with Crippen molar-refractivity contribution < 1.29 is 18.7 Å². The number of aromatic amines is 1. The molecule has 214 valence electrons. The molecule has 0 atom stereocenters. The number of piperidine rings is 1. The molecule has 2 aromatic carbocycles. The standard InChI is InChI=1S/C29H33FN8O3/c1-40-25-17-20(37-10-7-19(8-11-37)38-12-14-41-15-13-38)3-5-24(25)34-29-35-27-21(6-9-32-27)28(36-29)33-23-4-2-18(30)16-22(23)26(31)39/h2-6,9,16-17,19H,7-8,10-15H2,1H3,(H2,31,39)(H3,32,33,34,35,36). The van der Waals surface area contributed by atoms with Crippen LogP contribution in [0.15, 0.2) is 48.7 Å². The Morgan fingerprint density at radius 3 is 2.61 bits per heavy atom. The van der Waals surface area contributed by atoms with E-state index in [4.69, 9.17) is 15.2 Å². The van der Waals surface area contributed by atoms with Crippen LogP contribution in [0.5, 0.6) is 5.75 Å². The normalized spacial score (nSPS) is 16.6. The molecule has 4 aliphatic heterocycles. The molecule has 0 saturated carbocycles. The molecule has 4 heterocycles. The maximum absolute atomic E-state index is 13.8. The van der Waals surface area contributed by atoms with E-state index in [0.29, 0.717) is 40.6 Å². The fourth-order valence-corrected chi connectivity index (χ4v) is 5.59. The first-order valence-electron chi connectivity index (χ1n) is 13.7. The quantitative estimate of drug-likeness (QED) is 0.253. The monoisotopic (exact) mass is 560 g/mol. The van der Waals surface area contributed by atoms with Crippen LogP contribution in [0.2, 0.25) is 0 Å². The van der Waals surface area contributed by atoms with Gasteiger partial charge in [-0.15, -0.1) is 0 Å². The lowest BCUT2D eigenvalue weighted by atomic mass is 10.0. The van der Waals surface area contributed by atoms with Crippen LogP contribution in [-0.4, -0.2) is 78.3 Å². The van der Waals surface area contributed by atoms with E-state index < -0.39 is 11.7 Å². The van der Waals surface area contributed by atoms with Crippen LogP contribution in [-0.2, 0) is 4.74 Å². The second-order valence-corrected chi connectivity index (χ2v) is 10.2. The van der Waals surface area contributed by atoms with Crippen LogP contribution in [0.1, 0.15) is 23.2 Å². The summed E-state index contributed by atoms with van der Waals surface area (Å²) in [6.07, 6.45) is 3.89. The molecule has 2 saturated heterocycles. The molecule has 4 aliphatic rings. The lowest BCUT2D eigenvalue weighted by molar-refractivity contribution is 0.0115. The van der Waals surface area contributed by atoms with E-state index in [9.17, 15) is 9.18 Å². The number of fused-ring (bicyclic) bond motifs is 1. The van der Waals surface area contributed by atoms with Crippen LogP contribution in [0.4, 0.5) is 33.2 Å². The van der Waals surface area contributed by atoms with Gasteiger partial charge in [0.1, 0.15) is 23.2 Å². The highest BCUT2D eigenvalue weighted by Gasteiger charge is 2.26. The summed E-state index contributed by atoms with van der Waals surface area (Å²) < 4.78 is 25.0. The summed E-state index contributed by atoms with van der Waals surface area (Å²) in [5, 5.41) is 6.42. The lowest BCUT2D eigenvalue weighted by Gasteiger charge is -2.40. The van der Waals surface area contributed by atoms with Gasteiger partial charge in [-0.2, -0.15) is 4.98 Å². The minimum Gasteiger partial charge on any atom is -0.494 e. The molecule has 2 aromatic rings. The molecule has 6 rings (SSSR count). The highest BCUT2D eigenvalue weighted by atomic mass is 19.1. The third-order valence-electron chi connectivity index (χ3n) is 7.75. The Balaban J connectivity index is 1.21. The third-order valence-corrected chi connectivity index (χ3v) is 7.75. The van der Waals surface area contributed by atoms with E-state index in [1.165, 1.54) is 12.1 Å². The highest BCUT2D eigenvalue weighted by Crippen LogP contribution is 2.35. The molecule has 12 heteroatoms. The summed E-state index contributed by atoms with van der Waals surface area (Å²) in [5.41, 5.74) is 8.36. The van der Waals surface area contributed by atoms with Gasteiger partial charge in [0.2, 0.25) is 5.95 Å². The largest absolute Gasteiger partial charge is 0.494 e. The molecule has 0 spiro atoms. The number of amides is 1. The van der Waals surface area contributed by atoms with E-state index in [1.807, 2.05) is 12.1 Å². The number of ether oxygens (including phenoxy) is 2. The van der Waals surface area contributed by atoms with Gasteiger partial charge in [0.15, 0.2) is 0 Å². The second-order valence-electron chi connectivity index (χ2n) is 10.2. The summed E-state index contributed by atoms with van der Waals surface area (Å²) in [7, 11) is 1.64. The molecular weight excluding hydrogens is 527 g/mol. The number of primary amides is 1. The molecule has 5 N–H and O–H groups in total. The van der Waals surface area contributed by atoms with Gasteiger partial charge in [-0.05, 0) is 49.2 Å². The Bertz CT molecular complexity index is 1500. The average Bonchev–Trinajstić information content (AvgIpc) is 3.48. The van der Waals surface area contributed by atoms with E-state index in [1.54, 1.807) is 19.4 Å². The first kappa shape index (κ1) is 26.8. The van der Waals surface area contributed by atoms with Gasteiger partial charge in [-0.3, -0.25) is 9.69 Å². The van der Waals surface area contributed by atoms with Crippen LogP contribution in [0.3, 0.4) is 0 Å². The number of H-pyrrole nitrogens is 1. The number of carbonyl (C=O) groups excluding carboxylic acids is 1. The van der Waals surface area contributed by atoms with Crippen molar-refractivity contribution in [1.29, 1.82) is 0 Å². The Labute approximate surface area is 237 Å². The third kappa shape index (κ3) is 5.74. The van der Waals surface area contributed by atoms with Crippen LogP contribution in [0, 0.1) is 5.82 Å². The van der Waals surface area contributed by atoms with Crippen LogP contribution in [0.25, 0.3) is 11.4 Å². The van der Waals surface area contributed by atoms with Crippen molar-refractivity contribution in [1.82, 2.24) is 19.9 Å². The molecule has 0 bridgehead atoms. The van der Waals surface area contributed by atoms with Gasteiger partial charge in [-0.25, -0.2) is 9.37 Å². The molecular formula is C29H33FN8O3. The van der Waals surface area contributed by atoms with Gasteiger partial charge < -0.3 is 35.7 Å². The van der Waals surface area contributed by atoms with Crippen LogP contribution < -0.4 is 26.0 Å². The van der Waals surface area contributed by atoms with Gasteiger partial charge in [-0.1, -0.05) is 0 Å². The number of nitrogens with one attached hydrogen (secondary N) is 3. The van der Waals surface area contributed by atoms with Gasteiger partial charge >= 0.3 is 0 Å². The molecule has 0 aliphatic carbocycles. The molecule has 0 radical (unpaired) electrons. The summed E-state index contributed by atoms with van der Waals surface area (Å²) in [6, 6.07) is 12.3. The number of anilines is 5. The number of morpholine rings is 1. The first-order chi connectivity index (χ1) is 20.0. The average molecular weight is 561 g/mol. The molecule has 0 aromatic heterocycles. The number of nitrogens with zero attached hydrogens (tertiary/aromatic N) is 4. The fraction of sp³-hybridized carbons (Fsp3) is 0.345. The summed E-state index contributed by atoms with van der Waals surface area (Å²) in [4.78, 5) is 29.1. The van der Waals surface area contributed by atoms with E-state index in [0.717, 1.165) is 69.7 Å².